The van der Waals surface area contributed by atoms with Gasteiger partial charge < -0.3 is 14.8 Å². The van der Waals surface area contributed by atoms with Crippen LogP contribution in [0.2, 0.25) is 5.02 Å². The van der Waals surface area contributed by atoms with Crippen molar-refractivity contribution < 1.29 is 27.5 Å². The molecule has 0 bridgehead atoms. The van der Waals surface area contributed by atoms with Gasteiger partial charge in [-0.25, -0.2) is 13.2 Å². The van der Waals surface area contributed by atoms with Crippen LogP contribution in [0.25, 0.3) is 0 Å². The number of para-hydroxylation sites is 1. The third kappa shape index (κ3) is 5.63. The van der Waals surface area contributed by atoms with Gasteiger partial charge in [0.2, 0.25) is 5.91 Å². The Hall–Kier alpha value is -3.56. The van der Waals surface area contributed by atoms with Gasteiger partial charge >= 0.3 is 5.97 Å². The number of carbonyl (C=O) groups excluding carboxylic acids is 2. The van der Waals surface area contributed by atoms with Gasteiger partial charge in [-0.2, -0.15) is 0 Å². The Bertz CT molecular complexity index is 1260. The number of benzene rings is 3. The van der Waals surface area contributed by atoms with Crippen LogP contribution in [0.1, 0.15) is 10.4 Å². The smallest absolute Gasteiger partial charge is 0.339 e. The molecule has 0 atom stereocenters. The summed E-state index contributed by atoms with van der Waals surface area (Å²) in [6.45, 7) is -0.565. The number of rotatable bonds is 8. The summed E-state index contributed by atoms with van der Waals surface area (Å²) in [7, 11) is -1.45. The second-order valence-electron chi connectivity index (χ2n) is 6.75. The fourth-order valence-electron chi connectivity index (χ4n) is 3.02. The van der Waals surface area contributed by atoms with E-state index < -0.39 is 28.4 Å². The average Bonchev–Trinajstić information content (AvgIpc) is 2.82. The molecule has 0 unspecified atom stereocenters. The Kier molecular flexibility index (Phi) is 7.57. The highest BCUT2D eigenvalue weighted by atomic mass is 35.5. The van der Waals surface area contributed by atoms with Crippen molar-refractivity contribution in [2.75, 3.05) is 30.4 Å². The molecule has 1 amide bonds. The minimum atomic E-state index is -4.15. The third-order valence-electron chi connectivity index (χ3n) is 4.64. The zero-order valence-electron chi connectivity index (χ0n) is 17.8. The molecule has 0 spiro atoms. The van der Waals surface area contributed by atoms with Crippen LogP contribution in [-0.2, 0) is 19.6 Å². The van der Waals surface area contributed by atoms with Gasteiger partial charge in [-0.05, 0) is 54.6 Å². The van der Waals surface area contributed by atoms with Crippen molar-refractivity contribution in [1.29, 1.82) is 0 Å². The fraction of sp³-hybridized carbons (Fsp3) is 0.130. The van der Waals surface area contributed by atoms with E-state index in [0.29, 0.717) is 10.8 Å². The van der Waals surface area contributed by atoms with Gasteiger partial charge in [0.25, 0.3) is 10.0 Å². The molecule has 8 nitrogen and oxygen atoms in total. The monoisotopic (exact) mass is 488 g/mol. The van der Waals surface area contributed by atoms with Gasteiger partial charge in [0.1, 0.15) is 12.3 Å². The summed E-state index contributed by atoms with van der Waals surface area (Å²) in [6.07, 6.45) is 0. The Morgan fingerprint density at radius 3 is 2.30 bits per heavy atom. The topological polar surface area (TPSA) is 102 Å². The molecule has 172 valence electrons. The lowest BCUT2D eigenvalue weighted by molar-refractivity contribution is -0.114. The van der Waals surface area contributed by atoms with Gasteiger partial charge in [0.15, 0.2) is 0 Å². The number of sulfonamides is 1. The molecule has 0 saturated heterocycles. The van der Waals surface area contributed by atoms with Crippen LogP contribution < -0.4 is 14.4 Å². The second-order valence-corrected chi connectivity index (χ2v) is 9.05. The number of hydrogen-bond acceptors (Lipinski definition) is 6. The molecular formula is C23H21ClN2O6S. The van der Waals surface area contributed by atoms with Crippen LogP contribution in [0.4, 0.5) is 11.4 Å². The summed E-state index contributed by atoms with van der Waals surface area (Å²) in [4.78, 5) is 24.9. The fourth-order valence-corrected chi connectivity index (χ4v) is 4.62. The maximum Gasteiger partial charge on any atom is 0.339 e. The number of carbonyl (C=O) groups is 2. The number of methoxy groups -OCH3 is 2. The van der Waals surface area contributed by atoms with Gasteiger partial charge in [-0.3, -0.25) is 9.10 Å². The molecule has 0 fully saturated rings. The number of nitrogens with one attached hydrogen (secondary N) is 1. The average molecular weight is 489 g/mol. The largest absolute Gasteiger partial charge is 0.497 e. The maximum absolute atomic E-state index is 13.4. The summed E-state index contributed by atoms with van der Waals surface area (Å²) in [5, 5.41) is 2.89. The highest BCUT2D eigenvalue weighted by molar-refractivity contribution is 7.92. The number of nitrogens with zero attached hydrogens (tertiary/aromatic N) is 1. The lowest BCUT2D eigenvalue weighted by Crippen LogP contribution is -2.38. The van der Waals surface area contributed by atoms with Crippen LogP contribution in [-0.4, -0.2) is 41.1 Å². The Labute approximate surface area is 196 Å². The molecule has 33 heavy (non-hydrogen) atoms. The predicted molar refractivity (Wildman–Crippen MR) is 125 cm³/mol. The molecule has 0 radical (unpaired) electrons. The molecule has 0 aromatic heterocycles. The summed E-state index contributed by atoms with van der Waals surface area (Å²) in [5.74, 6) is -0.813. The molecule has 0 heterocycles. The van der Waals surface area contributed by atoms with Gasteiger partial charge in [-0.15, -0.1) is 0 Å². The minimum absolute atomic E-state index is 0.0361. The van der Waals surface area contributed by atoms with Gasteiger partial charge in [0, 0.05) is 5.02 Å². The zero-order valence-corrected chi connectivity index (χ0v) is 19.4. The molecule has 1 N–H and O–H groups in total. The van der Waals surface area contributed by atoms with Crippen molar-refractivity contribution in [2.24, 2.45) is 0 Å². The van der Waals surface area contributed by atoms with Crippen LogP contribution in [0.5, 0.6) is 5.75 Å². The van der Waals surface area contributed by atoms with E-state index in [1.165, 1.54) is 62.8 Å². The first kappa shape index (κ1) is 24.1. The second kappa shape index (κ2) is 10.4. The molecule has 3 aromatic carbocycles. The van der Waals surface area contributed by atoms with Crippen molar-refractivity contribution in [1.82, 2.24) is 0 Å². The highest BCUT2D eigenvalue weighted by Crippen LogP contribution is 2.27. The number of anilines is 2. The summed E-state index contributed by atoms with van der Waals surface area (Å²) >= 11 is 6.07. The molecule has 0 aliphatic rings. The van der Waals surface area contributed by atoms with Crippen molar-refractivity contribution in [3.8, 4) is 5.75 Å². The zero-order chi connectivity index (χ0) is 24.0. The van der Waals surface area contributed by atoms with Crippen molar-refractivity contribution >= 4 is 44.9 Å². The van der Waals surface area contributed by atoms with E-state index in [0.717, 1.165) is 4.31 Å². The van der Waals surface area contributed by atoms with Gasteiger partial charge in [-0.1, -0.05) is 29.8 Å². The van der Waals surface area contributed by atoms with E-state index in [-0.39, 0.29) is 21.8 Å². The minimum Gasteiger partial charge on any atom is -0.497 e. The van der Waals surface area contributed by atoms with Crippen molar-refractivity contribution in [3.63, 3.8) is 0 Å². The Morgan fingerprint density at radius 2 is 1.67 bits per heavy atom. The molecule has 3 aromatic rings. The van der Waals surface area contributed by atoms with Gasteiger partial charge in [0.05, 0.1) is 36.1 Å². The number of ether oxygens (including phenoxy) is 2. The lowest BCUT2D eigenvalue weighted by atomic mass is 10.2. The predicted octanol–water partition coefficient (Wildman–Crippen LogP) is 3.97. The van der Waals surface area contributed by atoms with E-state index in [4.69, 9.17) is 21.1 Å². The van der Waals surface area contributed by atoms with Crippen molar-refractivity contribution in [3.05, 3.63) is 83.4 Å². The summed E-state index contributed by atoms with van der Waals surface area (Å²) in [5.41, 5.74) is 0.539. The quantitative estimate of drug-likeness (QED) is 0.481. The van der Waals surface area contributed by atoms with Crippen molar-refractivity contribution in [2.45, 2.75) is 4.90 Å². The number of hydrogen-bond donors (Lipinski definition) is 1. The Balaban J connectivity index is 1.96. The molecular weight excluding hydrogens is 468 g/mol. The number of halogens is 1. The van der Waals surface area contributed by atoms with E-state index >= 15 is 0 Å². The summed E-state index contributed by atoms with van der Waals surface area (Å²) < 4.78 is 37.6. The SMILES string of the molecule is COC(=O)c1ccccc1NC(=O)CN(c1cccc(Cl)c1)S(=O)(=O)c1ccc(OC)cc1. The molecule has 0 saturated carbocycles. The first-order valence-corrected chi connectivity index (χ1v) is 11.5. The first-order valence-electron chi connectivity index (χ1n) is 9.66. The number of amides is 1. The standard InChI is InChI=1S/C23H21ClN2O6S/c1-31-18-10-12-19(13-11-18)33(29,30)26(17-7-5-6-16(24)14-17)15-22(27)25-21-9-4-3-8-20(21)23(28)32-2/h3-14H,15H2,1-2H3,(H,25,27). The lowest BCUT2D eigenvalue weighted by Gasteiger charge is -2.24. The molecule has 0 aliphatic heterocycles. The van der Waals surface area contributed by atoms with Crippen LogP contribution in [0.3, 0.4) is 0 Å². The highest BCUT2D eigenvalue weighted by Gasteiger charge is 2.28. The summed E-state index contributed by atoms with van der Waals surface area (Å²) in [6, 6.07) is 18.2. The third-order valence-corrected chi connectivity index (χ3v) is 6.66. The normalized spacial score (nSPS) is 10.9. The van der Waals surface area contributed by atoms with Crippen LogP contribution >= 0.6 is 11.6 Å². The number of esters is 1. The van der Waals surface area contributed by atoms with E-state index in [2.05, 4.69) is 5.32 Å². The van der Waals surface area contributed by atoms with Crippen LogP contribution in [0, 0.1) is 0 Å². The Morgan fingerprint density at radius 1 is 0.970 bits per heavy atom. The molecule has 10 heteroatoms. The van der Waals surface area contributed by atoms with E-state index in [1.54, 1.807) is 24.3 Å². The molecule has 0 aliphatic carbocycles. The molecule has 3 rings (SSSR count). The van der Waals surface area contributed by atoms with E-state index in [9.17, 15) is 18.0 Å². The van der Waals surface area contributed by atoms with Crippen LogP contribution in [0.15, 0.2) is 77.7 Å². The van der Waals surface area contributed by atoms with E-state index in [1.807, 2.05) is 0 Å². The maximum atomic E-state index is 13.4. The first-order chi connectivity index (χ1) is 15.8.